The molecule has 0 spiro atoms. The van der Waals surface area contributed by atoms with Crippen LogP contribution in [0.15, 0.2) is 24.3 Å². The molecule has 1 saturated heterocycles. The fourth-order valence-corrected chi connectivity index (χ4v) is 5.68. The molecule has 9 nitrogen and oxygen atoms in total. The van der Waals surface area contributed by atoms with Crippen molar-refractivity contribution in [1.29, 1.82) is 0 Å². The second kappa shape index (κ2) is 28.7. The first-order valence-electron chi connectivity index (χ1n) is 18.6. The minimum atomic E-state index is -1.56. The molecule has 6 N–H and O–H groups in total. The van der Waals surface area contributed by atoms with Gasteiger partial charge >= 0.3 is 0 Å². The van der Waals surface area contributed by atoms with Crippen LogP contribution in [0.2, 0.25) is 0 Å². The van der Waals surface area contributed by atoms with Crippen molar-refractivity contribution in [2.75, 3.05) is 13.2 Å². The summed E-state index contributed by atoms with van der Waals surface area (Å²) in [5, 5.41) is 53.8. The van der Waals surface area contributed by atoms with Crippen LogP contribution in [0.1, 0.15) is 149 Å². The number of hydrogen-bond donors (Lipinski definition) is 6. The molecule has 0 aromatic carbocycles. The molecule has 1 heterocycles. The van der Waals surface area contributed by atoms with Crippen LogP contribution >= 0.6 is 0 Å². The van der Waals surface area contributed by atoms with Gasteiger partial charge in [-0.3, -0.25) is 4.79 Å². The van der Waals surface area contributed by atoms with Gasteiger partial charge in [-0.2, -0.15) is 0 Å². The first kappa shape index (κ1) is 42.7. The molecule has 1 aliphatic heterocycles. The molecule has 1 fully saturated rings. The Bertz CT molecular complexity index is 776. The average Bonchev–Trinajstić information content (AvgIpc) is 3.05. The monoisotopic (exact) mass is 656 g/mol. The van der Waals surface area contributed by atoms with Crippen LogP contribution in [0.25, 0.3) is 0 Å². The maximum atomic E-state index is 12.8. The van der Waals surface area contributed by atoms with Crippen molar-refractivity contribution in [3.05, 3.63) is 24.3 Å². The number of carbonyl (C=O) groups is 1. The Morgan fingerprint density at radius 1 is 0.717 bits per heavy atom. The molecule has 0 aromatic rings. The maximum absolute atomic E-state index is 12.8. The van der Waals surface area contributed by atoms with E-state index in [1.54, 1.807) is 6.08 Å². The predicted molar refractivity (Wildman–Crippen MR) is 184 cm³/mol. The second-order valence-corrected chi connectivity index (χ2v) is 13.0. The maximum Gasteiger partial charge on any atom is 0.220 e. The smallest absolute Gasteiger partial charge is 0.220 e. The summed E-state index contributed by atoms with van der Waals surface area (Å²) in [6.07, 6.45) is 23.6. The second-order valence-electron chi connectivity index (χ2n) is 13.0. The molecule has 1 aliphatic rings. The third-order valence-electron chi connectivity index (χ3n) is 8.75. The van der Waals surface area contributed by atoms with Crippen LogP contribution in [0, 0.1) is 0 Å². The Balaban J connectivity index is 2.49. The molecule has 7 atom stereocenters. The zero-order chi connectivity index (χ0) is 33.8. The van der Waals surface area contributed by atoms with Gasteiger partial charge in [-0.25, -0.2) is 0 Å². The van der Waals surface area contributed by atoms with E-state index in [0.29, 0.717) is 6.42 Å². The van der Waals surface area contributed by atoms with Crippen LogP contribution in [0.3, 0.4) is 0 Å². The van der Waals surface area contributed by atoms with Gasteiger partial charge < -0.3 is 40.3 Å². The topological polar surface area (TPSA) is 149 Å². The van der Waals surface area contributed by atoms with E-state index in [4.69, 9.17) is 9.47 Å². The molecule has 270 valence electrons. The van der Waals surface area contributed by atoms with Gasteiger partial charge in [0.15, 0.2) is 6.29 Å². The van der Waals surface area contributed by atoms with Gasteiger partial charge in [-0.1, -0.05) is 128 Å². The van der Waals surface area contributed by atoms with Gasteiger partial charge in [0, 0.05) is 6.42 Å². The SMILES string of the molecule is CCC/C=C/CCCCCCCC/C=C/[C@@H](O)[C@H](CO[C@@H]1O[C@H](CO)[C@@H](O)C(O)C1O)NC(=O)CCCCCCCCCCCC. The highest BCUT2D eigenvalue weighted by atomic mass is 16.7. The Hall–Kier alpha value is -1.33. The minimum Gasteiger partial charge on any atom is -0.394 e. The third-order valence-corrected chi connectivity index (χ3v) is 8.75. The number of ether oxygens (including phenoxy) is 2. The summed E-state index contributed by atoms with van der Waals surface area (Å²) in [6, 6.07) is -0.800. The lowest BCUT2D eigenvalue weighted by molar-refractivity contribution is -0.302. The lowest BCUT2D eigenvalue weighted by Crippen LogP contribution is -2.60. The number of allylic oxidation sites excluding steroid dienone is 3. The first-order chi connectivity index (χ1) is 22.3. The number of amides is 1. The van der Waals surface area contributed by atoms with Crippen LogP contribution in [-0.4, -0.2) is 87.5 Å². The molecule has 2 unspecified atom stereocenters. The minimum absolute atomic E-state index is 0.185. The third kappa shape index (κ3) is 20.1. The van der Waals surface area contributed by atoms with Crippen LogP contribution < -0.4 is 5.32 Å². The van der Waals surface area contributed by atoms with Crippen molar-refractivity contribution in [3.63, 3.8) is 0 Å². The largest absolute Gasteiger partial charge is 0.394 e. The van der Waals surface area contributed by atoms with Crippen LogP contribution in [-0.2, 0) is 14.3 Å². The molecular weight excluding hydrogens is 586 g/mol. The molecule has 0 radical (unpaired) electrons. The standard InChI is InChI=1S/C37H69NO8/c1-3-5-7-9-11-13-15-16-17-18-20-22-24-26-31(40)30(29-45-37-36(44)35(43)34(42)32(28-39)46-37)38-33(41)27-25-23-21-19-14-12-10-8-6-4-2/h7,9,24,26,30-32,34-37,39-40,42-44H,3-6,8,10-23,25,27-29H2,1-2H3,(H,38,41)/b9-7+,26-24+/t30-,31+,32+,34+,35?,36?,37+/m0/s1. The summed E-state index contributed by atoms with van der Waals surface area (Å²) in [6.45, 7) is 3.67. The van der Waals surface area contributed by atoms with E-state index in [0.717, 1.165) is 44.9 Å². The van der Waals surface area contributed by atoms with Crippen molar-refractivity contribution in [2.24, 2.45) is 0 Å². The quantitative estimate of drug-likeness (QED) is 0.0425. The number of aliphatic hydroxyl groups excluding tert-OH is 5. The van der Waals surface area contributed by atoms with Gasteiger partial charge in [-0.05, 0) is 38.5 Å². The van der Waals surface area contributed by atoms with E-state index >= 15 is 0 Å². The Labute approximate surface area is 279 Å². The number of aliphatic hydroxyl groups is 5. The van der Waals surface area contributed by atoms with E-state index in [2.05, 4.69) is 31.3 Å². The summed E-state index contributed by atoms with van der Waals surface area (Å²) < 4.78 is 11.1. The molecule has 0 bridgehead atoms. The average molecular weight is 656 g/mol. The normalized spacial score (nSPS) is 23.3. The van der Waals surface area contributed by atoms with E-state index in [9.17, 15) is 30.3 Å². The fraction of sp³-hybridized carbons (Fsp3) is 0.865. The molecule has 0 aliphatic carbocycles. The van der Waals surface area contributed by atoms with Gasteiger partial charge in [0.05, 0.1) is 25.4 Å². The highest BCUT2D eigenvalue weighted by Gasteiger charge is 2.44. The van der Waals surface area contributed by atoms with E-state index in [1.165, 1.54) is 83.5 Å². The zero-order valence-corrected chi connectivity index (χ0v) is 29.1. The summed E-state index contributed by atoms with van der Waals surface area (Å²) in [4.78, 5) is 12.8. The summed E-state index contributed by atoms with van der Waals surface area (Å²) in [5.74, 6) is -0.185. The predicted octanol–water partition coefficient (Wildman–Crippen LogP) is 5.99. The zero-order valence-electron chi connectivity index (χ0n) is 29.1. The lowest BCUT2D eigenvalue weighted by atomic mass is 9.99. The molecular formula is C37H69NO8. The highest BCUT2D eigenvalue weighted by molar-refractivity contribution is 5.76. The Morgan fingerprint density at radius 2 is 1.26 bits per heavy atom. The molecule has 9 heteroatoms. The fourth-order valence-electron chi connectivity index (χ4n) is 5.68. The number of rotatable bonds is 29. The van der Waals surface area contributed by atoms with Gasteiger partial charge in [0.2, 0.25) is 5.91 Å². The van der Waals surface area contributed by atoms with Crippen molar-refractivity contribution in [1.82, 2.24) is 5.32 Å². The van der Waals surface area contributed by atoms with E-state index in [1.807, 2.05) is 6.08 Å². The van der Waals surface area contributed by atoms with Crippen LogP contribution in [0.5, 0.6) is 0 Å². The summed E-state index contributed by atoms with van der Waals surface area (Å²) in [7, 11) is 0. The molecule has 1 rings (SSSR count). The molecule has 1 amide bonds. The van der Waals surface area contributed by atoms with E-state index < -0.39 is 49.5 Å². The van der Waals surface area contributed by atoms with Gasteiger partial charge in [0.25, 0.3) is 0 Å². The molecule has 0 aromatic heterocycles. The first-order valence-corrected chi connectivity index (χ1v) is 18.6. The summed E-state index contributed by atoms with van der Waals surface area (Å²) in [5.41, 5.74) is 0. The lowest BCUT2D eigenvalue weighted by Gasteiger charge is -2.40. The van der Waals surface area contributed by atoms with Crippen molar-refractivity contribution in [3.8, 4) is 0 Å². The Morgan fingerprint density at radius 3 is 1.85 bits per heavy atom. The summed E-state index contributed by atoms with van der Waals surface area (Å²) >= 11 is 0. The highest BCUT2D eigenvalue weighted by Crippen LogP contribution is 2.22. The van der Waals surface area contributed by atoms with Crippen molar-refractivity contribution < 1.29 is 39.8 Å². The van der Waals surface area contributed by atoms with Gasteiger partial charge in [0.1, 0.15) is 24.4 Å². The number of unbranched alkanes of at least 4 members (excludes halogenated alkanes) is 17. The Kier molecular flexibility index (Phi) is 26.6. The van der Waals surface area contributed by atoms with Crippen molar-refractivity contribution >= 4 is 5.91 Å². The molecule has 46 heavy (non-hydrogen) atoms. The number of nitrogens with one attached hydrogen (secondary N) is 1. The van der Waals surface area contributed by atoms with Crippen LogP contribution in [0.4, 0.5) is 0 Å². The van der Waals surface area contributed by atoms with E-state index in [-0.39, 0.29) is 12.5 Å². The number of hydrogen-bond acceptors (Lipinski definition) is 8. The van der Waals surface area contributed by atoms with Gasteiger partial charge in [-0.15, -0.1) is 0 Å². The number of carbonyl (C=O) groups excluding carboxylic acids is 1. The molecule has 0 saturated carbocycles. The van der Waals surface area contributed by atoms with Crippen molar-refractivity contribution in [2.45, 2.75) is 192 Å².